The molecule has 0 fully saturated rings. The van der Waals surface area contributed by atoms with E-state index >= 15 is 0 Å². The molecular formula is C17H24N2OS. The Morgan fingerprint density at radius 2 is 2.24 bits per heavy atom. The van der Waals surface area contributed by atoms with Gasteiger partial charge < -0.3 is 4.90 Å². The fourth-order valence-corrected chi connectivity index (χ4v) is 4.08. The highest BCUT2D eigenvalue weighted by Gasteiger charge is 2.30. The van der Waals surface area contributed by atoms with E-state index in [1.165, 1.54) is 16.9 Å². The normalized spacial score (nSPS) is 18.0. The van der Waals surface area contributed by atoms with Crippen molar-refractivity contribution in [3.63, 3.8) is 0 Å². The number of carbonyl (C=O) groups is 1. The first kappa shape index (κ1) is 16.0. The zero-order valence-corrected chi connectivity index (χ0v) is 14.2. The van der Waals surface area contributed by atoms with Gasteiger partial charge in [-0.05, 0) is 42.2 Å². The van der Waals surface area contributed by atoms with Crippen molar-refractivity contribution in [1.29, 1.82) is 5.26 Å². The lowest BCUT2D eigenvalue weighted by Crippen LogP contribution is -2.27. The van der Waals surface area contributed by atoms with Crippen molar-refractivity contribution >= 4 is 17.2 Å². The molecule has 1 heterocycles. The standard InChI is InChI=1S/C17H24N2OS/c1-17(2,3)13-6-7-14-12(10-13)11-15(21-14)16(20)19(4)9-5-8-18/h11,13H,5-7,9-10H2,1-4H3. The van der Waals surface area contributed by atoms with Crippen molar-refractivity contribution in [3.8, 4) is 6.07 Å². The van der Waals surface area contributed by atoms with Crippen molar-refractivity contribution < 1.29 is 4.79 Å². The molecule has 0 bridgehead atoms. The first-order chi connectivity index (χ1) is 9.82. The van der Waals surface area contributed by atoms with Crippen LogP contribution in [0.4, 0.5) is 0 Å². The average molecular weight is 304 g/mol. The molecule has 1 atom stereocenters. The maximum atomic E-state index is 12.4. The molecule has 0 aromatic carbocycles. The van der Waals surface area contributed by atoms with E-state index in [4.69, 9.17) is 5.26 Å². The second kappa shape index (κ2) is 6.19. The molecule has 0 radical (unpaired) electrons. The van der Waals surface area contributed by atoms with E-state index in [-0.39, 0.29) is 5.91 Å². The number of amides is 1. The largest absolute Gasteiger partial charge is 0.340 e. The molecule has 1 aliphatic rings. The molecule has 0 saturated carbocycles. The van der Waals surface area contributed by atoms with Gasteiger partial charge in [0.05, 0.1) is 17.4 Å². The van der Waals surface area contributed by atoms with Gasteiger partial charge in [-0.1, -0.05) is 20.8 Å². The Hall–Kier alpha value is -1.34. The molecule has 0 N–H and O–H groups in total. The van der Waals surface area contributed by atoms with E-state index in [9.17, 15) is 4.79 Å². The van der Waals surface area contributed by atoms with E-state index in [2.05, 4.69) is 32.9 Å². The topological polar surface area (TPSA) is 44.1 Å². The zero-order valence-electron chi connectivity index (χ0n) is 13.4. The van der Waals surface area contributed by atoms with Gasteiger partial charge in [0.15, 0.2) is 0 Å². The molecule has 2 rings (SSSR count). The van der Waals surface area contributed by atoms with Gasteiger partial charge in [0.1, 0.15) is 0 Å². The Bertz CT molecular complexity index is 562. The van der Waals surface area contributed by atoms with E-state index in [1.807, 2.05) is 0 Å². The number of hydrogen-bond acceptors (Lipinski definition) is 3. The van der Waals surface area contributed by atoms with Crippen LogP contribution in [0.1, 0.15) is 53.7 Å². The number of carbonyl (C=O) groups excluding carboxylic acids is 1. The van der Waals surface area contributed by atoms with Crippen molar-refractivity contribution in [2.75, 3.05) is 13.6 Å². The summed E-state index contributed by atoms with van der Waals surface area (Å²) in [5, 5.41) is 8.62. The molecule has 0 aliphatic heterocycles. The van der Waals surface area contributed by atoms with Crippen LogP contribution >= 0.6 is 11.3 Å². The quantitative estimate of drug-likeness (QED) is 0.850. The summed E-state index contributed by atoms with van der Waals surface area (Å²) < 4.78 is 0. The maximum Gasteiger partial charge on any atom is 0.263 e. The number of nitriles is 1. The fraction of sp³-hybridized carbons (Fsp3) is 0.647. The average Bonchev–Trinajstić information content (AvgIpc) is 2.85. The predicted octanol–water partition coefficient (Wildman–Crippen LogP) is 3.88. The van der Waals surface area contributed by atoms with Crippen molar-refractivity contribution in [3.05, 3.63) is 21.4 Å². The highest BCUT2D eigenvalue weighted by Crippen LogP contribution is 2.40. The maximum absolute atomic E-state index is 12.4. The third kappa shape index (κ3) is 3.65. The highest BCUT2D eigenvalue weighted by molar-refractivity contribution is 7.14. The van der Waals surface area contributed by atoms with Crippen LogP contribution in [0.5, 0.6) is 0 Å². The number of fused-ring (bicyclic) bond motifs is 1. The van der Waals surface area contributed by atoms with Gasteiger partial charge in [0.25, 0.3) is 5.91 Å². The lowest BCUT2D eigenvalue weighted by molar-refractivity contribution is 0.0802. The molecule has 0 saturated heterocycles. The second-order valence-electron chi connectivity index (χ2n) is 7.00. The van der Waals surface area contributed by atoms with Crippen LogP contribution in [0.3, 0.4) is 0 Å². The van der Waals surface area contributed by atoms with Gasteiger partial charge in [-0.25, -0.2) is 0 Å². The first-order valence-corrected chi connectivity index (χ1v) is 8.38. The van der Waals surface area contributed by atoms with Gasteiger partial charge in [-0.15, -0.1) is 11.3 Å². The van der Waals surface area contributed by atoms with Crippen LogP contribution in [0.15, 0.2) is 6.07 Å². The van der Waals surface area contributed by atoms with Crippen molar-refractivity contribution in [2.24, 2.45) is 11.3 Å². The van der Waals surface area contributed by atoms with E-state index in [1.54, 1.807) is 23.3 Å². The first-order valence-electron chi connectivity index (χ1n) is 7.57. The molecule has 1 aromatic heterocycles. The zero-order chi connectivity index (χ0) is 15.6. The minimum absolute atomic E-state index is 0.0527. The summed E-state index contributed by atoms with van der Waals surface area (Å²) in [6.45, 7) is 7.41. The van der Waals surface area contributed by atoms with Crippen LogP contribution in [-0.2, 0) is 12.8 Å². The summed E-state index contributed by atoms with van der Waals surface area (Å²) >= 11 is 1.64. The van der Waals surface area contributed by atoms with Crippen LogP contribution in [0.2, 0.25) is 0 Å². The van der Waals surface area contributed by atoms with Crippen LogP contribution < -0.4 is 0 Å². The number of aryl methyl sites for hydroxylation is 1. The third-order valence-electron chi connectivity index (χ3n) is 4.42. The van der Waals surface area contributed by atoms with E-state index in [0.717, 1.165) is 17.7 Å². The summed E-state index contributed by atoms with van der Waals surface area (Å²) in [7, 11) is 1.77. The third-order valence-corrected chi connectivity index (χ3v) is 5.65. The van der Waals surface area contributed by atoms with Crippen molar-refractivity contribution in [1.82, 2.24) is 4.90 Å². The molecule has 114 valence electrons. The Morgan fingerprint density at radius 1 is 1.52 bits per heavy atom. The van der Waals surface area contributed by atoms with Gasteiger partial charge in [-0.3, -0.25) is 4.79 Å². The molecule has 1 aromatic rings. The van der Waals surface area contributed by atoms with Gasteiger partial charge in [-0.2, -0.15) is 5.26 Å². The second-order valence-corrected chi connectivity index (χ2v) is 8.14. The van der Waals surface area contributed by atoms with Crippen LogP contribution in [0.25, 0.3) is 0 Å². The number of thiophene rings is 1. The monoisotopic (exact) mass is 304 g/mol. The summed E-state index contributed by atoms with van der Waals surface area (Å²) in [4.78, 5) is 16.2. The molecule has 1 aliphatic carbocycles. The van der Waals surface area contributed by atoms with Gasteiger partial charge >= 0.3 is 0 Å². The smallest absolute Gasteiger partial charge is 0.263 e. The molecule has 0 spiro atoms. The molecule has 4 heteroatoms. The van der Waals surface area contributed by atoms with Crippen molar-refractivity contribution in [2.45, 2.75) is 46.5 Å². The molecule has 21 heavy (non-hydrogen) atoms. The molecule has 1 amide bonds. The van der Waals surface area contributed by atoms with E-state index < -0.39 is 0 Å². The van der Waals surface area contributed by atoms with Crippen LogP contribution in [-0.4, -0.2) is 24.4 Å². The Balaban J connectivity index is 2.11. The Kier molecular flexibility index (Phi) is 4.73. The highest BCUT2D eigenvalue weighted by atomic mass is 32.1. The SMILES string of the molecule is CN(CCC#N)C(=O)c1cc2c(s1)CCC(C(C)(C)C)C2. The summed E-state index contributed by atoms with van der Waals surface area (Å²) in [6, 6.07) is 4.17. The minimum atomic E-state index is 0.0527. The molecule has 1 unspecified atom stereocenters. The summed E-state index contributed by atoms with van der Waals surface area (Å²) in [6.07, 6.45) is 3.79. The minimum Gasteiger partial charge on any atom is -0.340 e. The molecule has 3 nitrogen and oxygen atoms in total. The Morgan fingerprint density at radius 3 is 2.86 bits per heavy atom. The summed E-state index contributed by atoms with van der Waals surface area (Å²) in [5.74, 6) is 0.746. The Labute approximate surface area is 131 Å². The lowest BCUT2D eigenvalue weighted by Gasteiger charge is -2.33. The molecular weight excluding hydrogens is 280 g/mol. The van der Waals surface area contributed by atoms with Gasteiger partial charge in [0.2, 0.25) is 0 Å². The van der Waals surface area contributed by atoms with Gasteiger partial charge in [0, 0.05) is 18.5 Å². The fourth-order valence-electron chi connectivity index (χ4n) is 2.88. The summed E-state index contributed by atoms with van der Waals surface area (Å²) in [5.41, 5.74) is 1.69. The number of nitrogens with zero attached hydrogens (tertiary/aromatic N) is 2. The predicted molar refractivity (Wildman–Crippen MR) is 86.5 cm³/mol. The lowest BCUT2D eigenvalue weighted by atomic mass is 9.72. The number of rotatable bonds is 3. The number of hydrogen-bond donors (Lipinski definition) is 0. The van der Waals surface area contributed by atoms with E-state index in [0.29, 0.717) is 24.3 Å². The van der Waals surface area contributed by atoms with Crippen LogP contribution in [0, 0.1) is 22.7 Å².